The maximum atomic E-state index is 12.7. The molecule has 0 unspecified atom stereocenters. The Kier molecular flexibility index (Phi) is 4.76. The average molecular weight is 355 g/mol. The molecule has 2 aromatic rings. The van der Waals surface area contributed by atoms with Crippen LogP contribution in [0.25, 0.3) is 0 Å². The first-order chi connectivity index (χ1) is 12.0. The summed E-state index contributed by atoms with van der Waals surface area (Å²) in [7, 11) is 0. The van der Waals surface area contributed by atoms with E-state index in [9.17, 15) is 14.4 Å². The van der Waals surface area contributed by atoms with Crippen LogP contribution in [0.5, 0.6) is 0 Å². The number of hydrogen-bond acceptors (Lipinski definition) is 5. The molecule has 1 saturated heterocycles. The predicted octanol–water partition coefficient (Wildman–Crippen LogP) is 3.59. The molecule has 2 N–H and O–H groups in total. The van der Waals surface area contributed by atoms with Crippen LogP contribution in [0.1, 0.15) is 12.5 Å². The number of para-hydroxylation sites is 1. The third-order valence-corrected chi connectivity index (χ3v) is 4.64. The molecule has 2 aromatic carbocycles. The first kappa shape index (κ1) is 17.0. The summed E-state index contributed by atoms with van der Waals surface area (Å²) in [5, 5.41) is 4.75. The van der Waals surface area contributed by atoms with Gasteiger partial charge in [0.15, 0.2) is 5.37 Å². The van der Waals surface area contributed by atoms with Crippen molar-refractivity contribution in [1.82, 2.24) is 0 Å². The molecule has 0 saturated carbocycles. The van der Waals surface area contributed by atoms with Crippen molar-refractivity contribution < 1.29 is 14.4 Å². The van der Waals surface area contributed by atoms with Gasteiger partial charge < -0.3 is 10.6 Å². The number of amides is 3. The first-order valence-corrected chi connectivity index (χ1v) is 8.58. The summed E-state index contributed by atoms with van der Waals surface area (Å²) in [6, 6.07) is 14.3. The lowest BCUT2D eigenvalue weighted by Gasteiger charge is -2.17. The molecule has 3 rings (SSSR count). The van der Waals surface area contributed by atoms with Crippen LogP contribution in [0.4, 0.5) is 21.9 Å². The zero-order valence-electron chi connectivity index (χ0n) is 13.8. The number of anilines is 3. The zero-order chi connectivity index (χ0) is 18.0. The number of thioether (sulfide) groups is 1. The maximum Gasteiger partial charge on any atom is 0.295 e. The second kappa shape index (κ2) is 6.98. The van der Waals surface area contributed by atoms with Crippen molar-refractivity contribution in [3.63, 3.8) is 0 Å². The molecule has 1 aliphatic rings. The van der Waals surface area contributed by atoms with Crippen molar-refractivity contribution in [1.29, 1.82) is 0 Å². The molecule has 1 aliphatic heterocycles. The topological polar surface area (TPSA) is 78.5 Å². The summed E-state index contributed by atoms with van der Waals surface area (Å²) in [5.41, 5.74) is 2.83. The highest BCUT2D eigenvalue weighted by atomic mass is 32.2. The van der Waals surface area contributed by atoms with Crippen LogP contribution in [0.3, 0.4) is 0 Å². The minimum absolute atomic E-state index is 0.151. The van der Waals surface area contributed by atoms with Gasteiger partial charge in [-0.25, -0.2) is 4.90 Å². The molecule has 3 amide bonds. The summed E-state index contributed by atoms with van der Waals surface area (Å²) in [6.45, 7) is 3.30. The van der Waals surface area contributed by atoms with Gasteiger partial charge in [0.25, 0.3) is 11.1 Å². The number of hydrogen-bond donors (Lipinski definition) is 2. The van der Waals surface area contributed by atoms with Crippen LogP contribution >= 0.6 is 11.8 Å². The quantitative estimate of drug-likeness (QED) is 0.876. The molecule has 0 radical (unpaired) electrons. The van der Waals surface area contributed by atoms with Gasteiger partial charge in [-0.3, -0.25) is 14.4 Å². The van der Waals surface area contributed by atoms with Crippen LogP contribution in [0.2, 0.25) is 0 Å². The molecule has 1 fully saturated rings. The molecule has 0 bridgehead atoms. The minimum Gasteiger partial charge on any atom is -0.365 e. The second-order valence-electron chi connectivity index (χ2n) is 5.63. The molecule has 1 atom stereocenters. The monoisotopic (exact) mass is 355 g/mol. The molecular formula is C18H17N3O3S. The highest BCUT2D eigenvalue weighted by Gasteiger charge is 2.41. The summed E-state index contributed by atoms with van der Waals surface area (Å²) in [6.07, 6.45) is 0. The van der Waals surface area contributed by atoms with E-state index in [0.29, 0.717) is 17.1 Å². The molecule has 1 heterocycles. The van der Waals surface area contributed by atoms with Gasteiger partial charge in [0.2, 0.25) is 5.91 Å². The molecule has 128 valence electrons. The zero-order valence-corrected chi connectivity index (χ0v) is 14.6. The fourth-order valence-corrected chi connectivity index (χ4v) is 3.43. The van der Waals surface area contributed by atoms with Gasteiger partial charge >= 0.3 is 0 Å². The van der Waals surface area contributed by atoms with E-state index in [2.05, 4.69) is 10.6 Å². The number of carbonyl (C=O) groups excluding carboxylic acids is 3. The maximum absolute atomic E-state index is 12.7. The van der Waals surface area contributed by atoms with Crippen LogP contribution in [-0.2, 0) is 9.59 Å². The molecule has 6 nitrogen and oxygen atoms in total. The van der Waals surface area contributed by atoms with Crippen molar-refractivity contribution in [3.05, 3.63) is 54.1 Å². The average Bonchev–Trinajstić information content (AvgIpc) is 2.83. The van der Waals surface area contributed by atoms with Crippen LogP contribution in [-0.4, -0.2) is 22.4 Å². The Hall–Kier alpha value is -2.80. The third kappa shape index (κ3) is 3.66. The first-order valence-electron chi connectivity index (χ1n) is 7.70. The minimum atomic E-state index is -0.682. The van der Waals surface area contributed by atoms with Gasteiger partial charge in [0, 0.05) is 18.3 Å². The number of imide groups is 1. The summed E-state index contributed by atoms with van der Waals surface area (Å²) in [5.74, 6) is -0.447. The number of nitrogens with zero attached hydrogens (tertiary/aromatic N) is 1. The summed E-state index contributed by atoms with van der Waals surface area (Å²) >= 11 is 0.952. The van der Waals surface area contributed by atoms with Crippen molar-refractivity contribution in [2.24, 2.45) is 0 Å². The Labute approximate surface area is 149 Å². The van der Waals surface area contributed by atoms with E-state index >= 15 is 0 Å². The van der Waals surface area contributed by atoms with E-state index in [1.165, 1.54) is 11.8 Å². The predicted molar refractivity (Wildman–Crippen MR) is 99.8 cm³/mol. The number of benzene rings is 2. The van der Waals surface area contributed by atoms with Gasteiger partial charge in [0.1, 0.15) is 0 Å². The Bertz CT molecular complexity index is 836. The van der Waals surface area contributed by atoms with Crippen molar-refractivity contribution in [2.45, 2.75) is 19.2 Å². The van der Waals surface area contributed by atoms with Gasteiger partial charge in [-0.2, -0.15) is 0 Å². The van der Waals surface area contributed by atoms with E-state index in [-0.39, 0.29) is 17.1 Å². The highest BCUT2D eigenvalue weighted by molar-refractivity contribution is 8.16. The van der Waals surface area contributed by atoms with Gasteiger partial charge in [-0.15, -0.1) is 0 Å². The fraction of sp³-hybridized carbons (Fsp3) is 0.167. The summed E-state index contributed by atoms with van der Waals surface area (Å²) in [4.78, 5) is 37.2. The van der Waals surface area contributed by atoms with Crippen LogP contribution < -0.4 is 15.5 Å². The Morgan fingerprint density at radius 3 is 2.32 bits per heavy atom. The molecule has 7 heteroatoms. The van der Waals surface area contributed by atoms with E-state index in [1.807, 2.05) is 19.1 Å². The van der Waals surface area contributed by atoms with Crippen LogP contribution in [0, 0.1) is 6.92 Å². The van der Waals surface area contributed by atoms with E-state index in [4.69, 9.17) is 0 Å². The van der Waals surface area contributed by atoms with Crippen LogP contribution in [0.15, 0.2) is 48.5 Å². The molecule has 0 aromatic heterocycles. The van der Waals surface area contributed by atoms with Crippen molar-refractivity contribution in [3.8, 4) is 0 Å². The smallest absolute Gasteiger partial charge is 0.295 e. The molecule has 0 aliphatic carbocycles. The van der Waals surface area contributed by atoms with E-state index < -0.39 is 5.37 Å². The van der Waals surface area contributed by atoms with Gasteiger partial charge in [0.05, 0.1) is 5.69 Å². The Morgan fingerprint density at radius 1 is 1.04 bits per heavy atom. The van der Waals surface area contributed by atoms with Crippen molar-refractivity contribution in [2.75, 3.05) is 15.5 Å². The Morgan fingerprint density at radius 2 is 1.68 bits per heavy atom. The van der Waals surface area contributed by atoms with E-state index in [0.717, 1.165) is 17.3 Å². The number of carbonyl (C=O) groups is 3. The molecule has 0 spiro atoms. The molecule has 25 heavy (non-hydrogen) atoms. The SMILES string of the molecule is CC(=O)Nc1ccc(N[C@H]2SC(=O)N(c3ccccc3C)C2=O)cc1. The number of nitrogens with one attached hydrogen (secondary N) is 2. The lowest BCUT2D eigenvalue weighted by Crippen LogP contribution is -2.34. The number of rotatable bonds is 4. The normalized spacial score (nSPS) is 16.9. The largest absolute Gasteiger partial charge is 0.365 e. The third-order valence-electron chi connectivity index (χ3n) is 3.71. The van der Waals surface area contributed by atoms with Crippen molar-refractivity contribution >= 4 is 45.9 Å². The van der Waals surface area contributed by atoms with Gasteiger partial charge in [-0.05, 0) is 54.6 Å². The summed E-state index contributed by atoms with van der Waals surface area (Å²) < 4.78 is 0. The fourth-order valence-electron chi connectivity index (χ4n) is 2.54. The lowest BCUT2D eigenvalue weighted by atomic mass is 10.2. The lowest BCUT2D eigenvalue weighted by molar-refractivity contribution is -0.116. The second-order valence-corrected chi connectivity index (χ2v) is 6.68. The molecular weight excluding hydrogens is 338 g/mol. The van der Waals surface area contributed by atoms with E-state index in [1.54, 1.807) is 36.4 Å². The Balaban J connectivity index is 1.74. The standard InChI is InChI=1S/C18H17N3O3S/c1-11-5-3-4-6-15(11)21-17(23)16(25-18(21)24)20-14-9-7-13(8-10-14)19-12(2)22/h3-10,16,20H,1-2H3,(H,19,22)/t16-/m0/s1. The number of aryl methyl sites for hydroxylation is 1. The highest BCUT2D eigenvalue weighted by Crippen LogP contribution is 2.34. The van der Waals surface area contributed by atoms with Gasteiger partial charge in [-0.1, -0.05) is 18.2 Å².